The molecule has 0 saturated carbocycles. The molecule has 6 heavy (non-hydrogen) atoms. The largest absolute Gasteiger partial charge is 0.224 e. The van der Waals surface area contributed by atoms with Crippen molar-refractivity contribution in [1.82, 2.24) is 5.32 Å². The Balaban J connectivity index is 2.61. The zero-order chi connectivity index (χ0) is 4.41. The number of nitrogens with zero attached hydrogens (tertiary/aromatic N) is 2. The Bertz CT molecular complexity index is 105. The van der Waals surface area contributed by atoms with Gasteiger partial charge in [0.05, 0.1) is 6.20 Å². The average Bonchev–Trinajstić information content (AvgIpc) is 1.86. The predicted octanol–water partition coefficient (Wildman–Crippen LogP) is 0.474. The fourth-order valence-electron chi connectivity index (χ4n) is 0.193. The van der Waals surface area contributed by atoms with Gasteiger partial charge < -0.3 is 0 Å². The summed E-state index contributed by atoms with van der Waals surface area (Å²) in [5.41, 5.74) is 0. The third-order valence-corrected chi connectivity index (χ3v) is 0.568. The van der Waals surface area contributed by atoms with Gasteiger partial charge in [-0.25, -0.2) is 10.3 Å². The molecular formula is C3HClN2. The van der Waals surface area contributed by atoms with Gasteiger partial charge in [-0.1, -0.05) is 0 Å². The van der Waals surface area contributed by atoms with Gasteiger partial charge in [-0.2, -0.15) is 0 Å². The summed E-state index contributed by atoms with van der Waals surface area (Å²) < 4.78 is 0. The van der Waals surface area contributed by atoms with Gasteiger partial charge in [0, 0.05) is 0 Å². The molecule has 0 amide bonds. The first kappa shape index (κ1) is 3.68. The van der Waals surface area contributed by atoms with E-state index in [0.29, 0.717) is 0 Å². The van der Waals surface area contributed by atoms with Gasteiger partial charge in [0.1, 0.15) is 6.20 Å². The second-order valence-corrected chi connectivity index (χ2v) is 1.11. The molecule has 0 atom stereocenters. The summed E-state index contributed by atoms with van der Waals surface area (Å²) in [7, 11) is 0. The van der Waals surface area contributed by atoms with Gasteiger partial charge in [-0.05, 0) is 11.6 Å². The van der Waals surface area contributed by atoms with Crippen LogP contribution in [0.2, 0.25) is 0 Å². The molecule has 0 saturated heterocycles. The van der Waals surface area contributed by atoms with Gasteiger partial charge in [-0.3, -0.25) is 0 Å². The first-order valence-electron chi connectivity index (χ1n) is 1.41. The van der Waals surface area contributed by atoms with Gasteiger partial charge in [0.2, 0.25) is 5.29 Å². The summed E-state index contributed by atoms with van der Waals surface area (Å²) in [6, 6.07) is 0. The van der Waals surface area contributed by atoms with E-state index in [1.54, 1.807) is 0 Å². The van der Waals surface area contributed by atoms with Gasteiger partial charge >= 0.3 is 0 Å². The van der Waals surface area contributed by atoms with Crippen LogP contribution in [0.25, 0.3) is 0 Å². The highest BCUT2D eigenvalue weighted by Crippen LogP contribution is 1.90. The maximum atomic E-state index is 5.20. The molecule has 0 N–H and O–H groups in total. The lowest BCUT2D eigenvalue weighted by molar-refractivity contribution is 1.28. The smallest absolute Gasteiger partial charge is 0.223 e. The summed E-state index contributed by atoms with van der Waals surface area (Å²) in [6.07, 6.45) is 3.86. The van der Waals surface area contributed by atoms with Crippen molar-refractivity contribution in [3.8, 4) is 0 Å². The van der Waals surface area contributed by atoms with Crippen molar-refractivity contribution < 1.29 is 0 Å². The van der Waals surface area contributed by atoms with E-state index in [-0.39, 0.29) is 5.29 Å². The van der Waals surface area contributed by atoms with E-state index >= 15 is 0 Å². The molecule has 2 radical (unpaired) electrons. The lowest BCUT2D eigenvalue weighted by Crippen LogP contribution is -1.94. The zero-order valence-electron chi connectivity index (χ0n) is 2.85. The van der Waals surface area contributed by atoms with Crippen molar-refractivity contribution >= 4 is 16.9 Å². The minimum atomic E-state index is 0.259. The fourth-order valence-corrected chi connectivity index (χ4v) is 0.291. The van der Waals surface area contributed by atoms with Crippen LogP contribution in [0.5, 0.6) is 0 Å². The Morgan fingerprint density at radius 1 is 1.83 bits per heavy atom. The van der Waals surface area contributed by atoms with Gasteiger partial charge in [0.15, 0.2) is 0 Å². The van der Waals surface area contributed by atoms with E-state index in [9.17, 15) is 0 Å². The van der Waals surface area contributed by atoms with Crippen LogP contribution in [0.15, 0.2) is 11.2 Å². The summed E-state index contributed by atoms with van der Waals surface area (Å²) in [6.45, 7) is 0. The molecular weight excluding hydrogens is 99.5 g/mol. The number of halogens is 1. The Morgan fingerprint density at radius 3 is 2.83 bits per heavy atom. The number of rotatable bonds is 0. The van der Waals surface area contributed by atoms with E-state index in [1.807, 2.05) is 0 Å². The maximum Gasteiger partial charge on any atom is 0.223 e. The van der Waals surface area contributed by atoms with Gasteiger partial charge in [-0.15, -0.1) is 0 Å². The van der Waals surface area contributed by atoms with Crippen LogP contribution in [0.3, 0.4) is 0 Å². The zero-order valence-corrected chi connectivity index (χ0v) is 3.61. The number of hydrogen-bond acceptors (Lipinski definition) is 1. The summed E-state index contributed by atoms with van der Waals surface area (Å²) in [5, 5.41) is 3.71. The molecule has 1 heterocycles. The van der Waals surface area contributed by atoms with Crippen LogP contribution < -0.4 is 5.32 Å². The molecule has 2 nitrogen and oxygen atoms in total. The first-order chi connectivity index (χ1) is 2.89. The number of amidine groups is 1. The number of hydrogen-bond donors (Lipinski definition) is 0. The fraction of sp³-hybridized carbons (Fsp3) is 0. The van der Waals surface area contributed by atoms with E-state index in [0.717, 1.165) is 0 Å². The van der Waals surface area contributed by atoms with E-state index in [4.69, 9.17) is 11.6 Å². The SMILES string of the molecule is ClC1=NC=[C][N]1. The standard InChI is InChI=1S/C3HClN2/c4-3-5-1-2-6-3/h1H. The minimum Gasteiger partial charge on any atom is -0.224 e. The molecule has 30 valence electrons. The molecule has 0 fully saturated rings. The van der Waals surface area contributed by atoms with Crippen molar-refractivity contribution in [2.24, 2.45) is 4.99 Å². The Hall–Kier alpha value is -0.500. The molecule has 0 aromatic carbocycles. The molecule has 3 heteroatoms. The Labute approximate surface area is 40.5 Å². The predicted molar refractivity (Wildman–Crippen MR) is 23.2 cm³/mol. The quantitative estimate of drug-likeness (QED) is 0.396. The monoisotopic (exact) mass is 100.0 g/mol. The summed E-state index contributed by atoms with van der Waals surface area (Å²) in [4.78, 5) is 3.52. The van der Waals surface area contributed by atoms with E-state index in [1.165, 1.54) is 6.20 Å². The highest BCUT2D eigenvalue weighted by Gasteiger charge is 1.92. The van der Waals surface area contributed by atoms with Gasteiger partial charge in [0.25, 0.3) is 0 Å². The van der Waals surface area contributed by atoms with Crippen LogP contribution in [0.4, 0.5) is 0 Å². The molecule has 1 aliphatic rings. The van der Waals surface area contributed by atoms with E-state index < -0.39 is 0 Å². The third kappa shape index (κ3) is 0.518. The van der Waals surface area contributed by atoms with Crippen LogP contribution in [0, 0.1) is 6.20 Å². The van der Waals surface area contributed by atoms with Crippen LogP contribution in [-0.2, 0) is 0 Å². The lowest BCUT2D eigenvalue weighted by Gasteiger charge is -1.73. The molecule has 0 aromatic rings. The Morgan fingerprint density at radius 2 is 2.67 bits per heavy atom. The van der Waals surface area contributed by atoms with Crippen molar-refractivity contribution in [1.29, 1.82) is 0 Å². The number of aliphatic imine (C=N–C) groups is 1. The van der Waals surface area contributed by atoms with Crippen molar-refractivity contribution in [2.75, 3.05) is 0 Å². The minimum absolute atomic E-state index is 0.259. The normalized spacial score (nSPS) is 17.2. The highest BCUT2D eigenvalue weighted by molar-refractivity contribution is 6.64. The topological polar surface area (TPSA) is 26.5 Å². The van der Waals surface area contributed by atoms with Crippen LogP contribution in [-0.4, -0.2) is 5.29 Å². The average molecular weight is 101 g/mol. The molecule has 0 unspecified atom stereocenters. The summed E-state index contributed by atoms with van der Waals surface area (Å²) >= 11 is 5.20. The second kappa shape index (κ2) is 1.30. The molecule has 0 spiro atoms. The Kier molecular flexibility index (Phi) is 0.801. The first-order valence-corrected chi connectivity index (χ1v) is 1.78. The van der Waals surface area contributed by atoms with Crippen LogP contribution in [0.1, 0.15) is 0 Å². The highest BCUT2D eigenvalue weighted by atomic mass is 35.5. The molecule has 0 bridgehead atoms. The van der Waals surface area contributed by atoms with E-state index in [2.05, 4.69) is 16.5 Å². The summed E-state index contributed by atoms with van der Waals surface area (Å²) in [5.74, 6) is 0. The van der Waals surface area contributed by atoms with Crippen molar-refractivity contribution in [3.05, 3.63) is 12.4 Å². The maximum absolute atomic E-state index is 5.20. The molecule has 1 rings (SSSR count). The lowest BCUT2D eigenvalue weighted by atomic mass is 11.0. The third-order valence-electron chi connectivity index (χ3n) is 0.386. The second-order valence-electron chi connectivity index (χ2n) is 0.768. The van der Waals surface area contributed by atoms with Crippen LogP contribution >= 0.6 is 11.6 Å². The van der Waals surface area contributed by atoms with Crippen molar-refractivity contribution in [2.45, 2.75) is 0 Å². The van der Waals surface area contributed by atoms with Crippen molar-refractivity contribution in [3.63, 3.8) is 0 Å². The molecule has 0 aromatic heterocycles. The molecule has 0 aliphatic carbocycles. The molecule has 1 aliphatic heterocycles.